The Kier molecular flexibility index (Phi) is 4.17. The first kappa shape index (κ1) is 12.9. The number of thiazole rings is 1. The van der Waals surface area contributed by atoms with Gasteiger partial charge in [-0.25, -0.2) is 4.98 Å². The topological polar surface area (TPSA) is 57.4 Å². The van der Waals surface area contributed by atoms with Gasteiger partial charge in [-0.3, -0.25) is 0 Å². The Hall–Kier alpha value is -1.59. The Balaban J connectivity index is 2.38. The summed E-state index contributed by atoms with van der Waals surface area (Å²) >= 11 is 1.64. The van der Waals surface area contributed by atoms with Gasteiger partial charge in [0.25, 0.3) is 0 Å². The van der Waals surface area contributed by atoms with Crippen molar-refractivity contribution in [1.29, 1.82) is 0 Å². The number of benzene rings is 1. The molecule has 0 aliphatic heterocycles. The van der Waals surface area contributed by atoms with Crippen molar-refractivity contribution in [1.82, 2.24) is 4.98 Å². The summed E-state index contributed by atoms with van der Waals surface area (Å²) in [6.45, 7) is 0.473. The highest BCUT2D eigenvalue weighted by atomic mass is 32.1. The van der Waals surface area contributed by atoms with Crippen LogP contribution in [0.3, 0.4) is 0 Å². The average molecular weight is 264 g/mol. The summed E-state index contributed by atoms with van der Waals surface area (Å²) in [6.07, 6.45) is 2.58. The van der Waals surface area contributed by atoms with Crippen LogP contribution in [0.2, 0.25) is 0 Å². The molecule has 2 rings (SSSR count). The van der Waals surface area contributed by atoms with Gasteiger partial charge in [-0.05, 0) is 23.3 Å². The van der Waals surface area contributed by atoms with E-state index < -0.39 is 0 Å². The fourth-order valence-electron chi connectivity index (χ4n) is 1.82. The summed E-state index contributed by atoms with van der Waals surface area (Å²) in [4.78, 5) is 4.29. The van der Waals surface area contributed by atoms with Crippen LogP contribution in [-0.4, -0.2) is 19.2 Å². The first-order valence-electron chi connectivity index (χ1n) is 5.60. The molecule has 1 heterocycles. The lowest BCUT2D eigenvalue weighted by Gasteiger charge is -2.13. The molecular formula is C13H16N2O2S. The number of hydrogen-bond acceptors (Lipinski definition) is 5. The summed E-state index contributed by atoms with van der Waals surface area (Å²) in [5.41, 5.74) is 7.97. The maximum absolute atomic E-state index is 5.78. The molecule has 0 saturated carbocycles. The van der Waals surface area contributed by atoms with Crippen LogP contribution in [0.1, 0.15) is 16.1 Å². The Bertz CT molecular complexity index is 512. The molecule has 18 heavy (non-hydrogen) atoms. The highest BCUT2D eigenvalue weighted by Gasteiger charge is 2.11. The van der Waals surface area contributed by atoms with Crippen molar-refractivity contribution in [2.24, 2.45) is 5.73 Å². The van der Waals surface area contributed by atoms with E-state index in [1.165, 1.54) is 0 Å². The van der Waals surface area contributed by atoms with E-state index in [9.17, 15) is 0 Å². The molecule has 0 saturated heterocycles. The van der Waals surface area contributed by atoms with Crippen LogP contribution in [0.25, 0.3) is 0 Å². The first-order valence-corrected chi connectivity index (χ1v) is 6.48. The minimum atomic E-state index is 0.473. The highest BCUT2D eigenvalue weighted by Crippen LogP contribution is 2.31. The zero-order valence-electron chi connectivity index (χ0n) is 10.5. The van der Waals surface area contributed by atoms with Gasteiger partial charge >= 0.3 is 0 Å². The standard InChI is InChI=1S/C13H16N2O2S/c1-16-11-5-9(7-13-15-3-4-18-13)10(8-14)6-12(11)17-2/h3-6H,7-8,14H2,1-2H3. The van der Waals surface area contributed by atoms with Gasteiger partial charge in [-0.2, -0.15) is 0 Å². The van der Waals surface area contributed by atoms with Crippen LogP contribution in [0.4, 0.5) is 0 Å². The van der Waals surface area contributed by atoms with Gasteiger partial charge in [0.2, 0.25) is 0 Å². The molecular weight excluding hydrogens is 248 g/mol. The van der Waals surface area contributed by atoms with Crippen molar-refractivity contribution in [3.05, 3.63) is 39.8 Å². The van der Waals surface area contributed by atoms with Gasteiger partial charge in [0.15, 0.2) is 11.5 Å². The molecule has 0 aliphatic carbocycles. The molecule has 1 aromatic carbocycles. The van der Waals surface area contributed by atoms with E-state index in [0.29, 0.717) is 12.3 Å². The van der Waals surface area contributed by atoms with Crippen LogP contribution in [-0.2, 0) is 13.0 Å². The molecule has 0 spiro atoms. The lowest BCUT2D eigenvalue weighted by atomic mass is 10.0. The van der Waals surface area contributed by atoms with E-state index in [1.54, 1.807) is 25.6 Å². The van der Waals surface area contributed by atoms with E-state index >= 15 is 0 Å². The number of ether oxygens (including phenoxy) is 2. The number of nitrogens with zero attached hydrogens (tertiary/aromatic N) is 1. The number of nitrogens with two attached hydrogens (primary N) is 1. The molecule has 0 atom stereocenters. The van der Waals surface area contributed by atoms with Crippen molar-refractivity contribution in [3.8, 4) is 11.5 Å². The van der Waals surface area contributed by atoms with Crippen molar-refractivity contribution in [2.75, 3.05) is 14.2 Å². The minimum absolute atomic E-state index is 0.473. The highest BCUT2D eigenvalue weighted by molar-refractivity contribution is 7.09. The monoisotopic (exact) mass is 264 g/mol. The second-order valence-electron chi connectivity index (χ2n) is 3.78. The number of methoxy groups -OCH3 is 2. The average Bonchev–Trinajstić information content (AvgIpc) is 2.91. The Morgan fingerprint density at radius 2 is 1.83 bits per heavy atom. The number of rotatable bonds is 5. The molecule has 2 N–H and O–H groups in total. The molecule has 5 heteroatoms. The van der Waals surface area contributed by atoms with Crippen molar-refractivity contribution in [3.63, 3.8) is 0 Å². The van der Waals surface area contributed by atoms with E-state index in [0.717, 1.165) is 28.3 Å². The molecule has 2 aromatic rings. The molecule has 0 amide bonds. The van der Waals surface area contributed by atoms with Gasteiger partial charge in [0, 0.05) is 24.5 Å². The summed E-state index contributed by atoms with van der Waals surface area (Å²) in [7, 11) is 3.26. The maximum Gasteiger partial charge on any atom is 0.161 e. The fraction of sp³-hybridized carbons (Fsp3) is 0.308. The maximum atomic E-state index is 5.78. The zero-order valence-corrected chi connectivity index (χ0v) is 11.3. The van der Waals surface area contributed by atoms with Crippen LogP contribution >= 0.6 is 11.3 Å². The van der Waals surface area contributed by atoms with Gasteiger partial charge in [-0.1, -0.05) is 0 Å². The van der Waals surface area contributed by atoms with Gasteiger partial charge < -0.3 is 15.2 Å². The van der Waals surface area contributed by atoms with Crippen LogP contribution < -0.4 is 15.2 Å². The zero-order chi connectivity index (χ0) is 13.0. The van der Waals surface area contributed by atoms with Crippen LogP contribution in [0.5, 0.6) is 11.5 Å². The molecule has 4 nitrogen and oxygen atoms in total. The third-order valence-corrected chi connectivity index (χ3v) is 3.53. The molecule has 0 radical (unpaired) electrons. The van der Waals surface area contributed by atoms with Crippen LogP contribution in [0, 0.1) is 0 Å². The summed E-state index contributed by atoms with van der Waals surface area (Å²) < 4.78 is 10.6. The second kappa shape index (κ2) is 5.84. The number of aromatic nitrogens is 1. The largest absolute Gasteiger partial charge is 0.493 e. The third kappa shape index (κ3) is 2.63. The summed E-state index contributed by atoms with van der Waals surface area (Å²) in [5, 5.41) is 3.04. The molecule has 0 fully saturated rings. The van der Waals surface area contributed by atoms with Crippen molar-refractivity contribution < 1.29 is 9.47 Å². The van der Waals surface area contributed by atoms with Crippen molar-refractivity contribution >= 4 is 11.3 Å². The smallest absolute Gasteiger partial charge is 0.161 e. The quantitative estimate of drug-likeness (QED) is 0.899. The second-order valence-corrected chi connectivity index (χ2v) is 4.76. The summed E-state index contributed by atoms with van der Waals surface area (Å²) in [6, 6.07) is 3.91. The molecule has 1 aromatic heterocycles. The number of hydrogen-bond donors (Lipinski definition) is 1. The van der Waals surface area contributed by atoms with E-state index in [-0.39, 0.29) is 0 Å². The predicted octanol–water partition coefficient (Wildman–Crippen LogP) is 2.21. The third-order valence-electron chi connectivity index (χ3n) is 2.75. The Morgan fingerprint density at radius 3 is 2.33 bits per heavy atom. The fourth-order valence-corrected chi connectivity index (χ4v) is 2.46. The molecule has 0 aliphatic rings. The molecule has 0 unspecified atom stereocenters. The SMILES string of the molecule is COc1cc(CN)c(Cc2nccs2)cc1OC. The summed E-state index contributed by atoms with van der Waals surface area (Å²) in [5.74, 6) is 1.43. The van der Waals surface area contributed by atoms with E-state index in [4.69, 9.17) is 15.2 Å². The van der Waals surface area contributed by atoms with E-state index in [1.807, 2.05) is 23.7 Å². The minimum Gasteiger partial charge on any atom is -0.493 e. The lowest BCUT2D eigenvalue weighted by Crippen LogP contribution is -2.04. The Labute approximate surface area is 110 Å². The van der Waals surface area contributed by atoms with E-state index in [2.05, 4.69) is 4.98 Å². The molecule has 96 valence electrons. The van der Waals surface area contributed by atoms with Gasteiger partial charge in [-0.15, -0.1) is 11.3 Å². The first-order chi connectivity index (χ1) is 8.78. The van der Waals surface area contributed by atoms with Gasteiger partial charge in [0.1, 0.15) is 0 Å². The van der Waals surface area contributed by atoms with Gasteiger partial charge in [0.05, 0.1) is 19.2 Å². The predicted molar refractivity (Wildman–Crippen MR) is 72.4 cm³/mol. The molecule has 0 bridgehead atoms. The van der Waals surface area contributed by atoms with Crippen molar-refractivity contribution in [2.45, 2.75) is 13.0 Å². The normalized spacial score (nSPS) is 10.4. The lowest BCUT2D eigenvalue weighted by molar-refractivity contribution is 0.354. The van der Waals surface area contributed by atoms with Crippen LogP contribution in [0.15, 0.2) is 23.7 Å². The Morgan fingerprint density at radius 1 is 1.17 bits per heavy atom.